The van der Waals surface area contributed by atoms with Crippen LogP contribution >= 0.6 is 0 Å². The Hall–Kier alpha value is -1.13. The SMILES string of the molecule is CCOC1CCN(c2ccncc2CO)CC1. The van der Waals surface area contributed by atoms with Gasteiger partial charge in [0.25, 0.3) is 0 Å². The second kappa shape index (κ2) is 5.98. The largest absolute Gasteiger partial charge is 0.392 e. The quantitative estimate of drug-likeness (QED) is 0.862. The summed E-state index contributed by atoms with van der Waals surface area (Å²) >= 11 is 0. The molecule has 1 aliphatic rings. The summed E-state index contributed by atoms with van der Waals surface area (Å²) in [6, 6.07) is 1.98. The van der Waals surface area contributed by atoms with Crippen molar-refractivity contribution in [1.82, 2.24) is 4.98 Å². The minimum absolute atomic E-state index is 0.0502. The third kappa shape index (κ3) is 2.96. The van der Waals surface area contributed by atoms with Crippen molar-refractivity contribution in [1.29, 1.82) is 0 Å². The lowest BCUT2D eigenvalue weighted by Crippen LogP contribution is -2.37. The number of hydrogen-bond acceptors (Lipinski definition) is 4. The molecule has 2 rings (SSSR count). The fraction of sp³-hybridized carbons (Fsp3) is 0.615. The highest BCUT2D eigenvalue weighted by molar-refractivity contribution is 5.52. The Kier molecular flexibility index (Phi) is 4.34. The zero-order valence-electron chi connectivity index (χ0n) is 10.3. The van der Waals surface area contributed by atoms with Gasteiger partial charge >= 0.3 is 0 Å². The summed E-state index contributed by atoms with van der Waals surface area (Å²) in [7, 11) is 0. The van der Waals surface area contributed by atoms with Crippen molar-refractivity contribution in [3.8, 4) is 0 Å². The smallest absolute Gasteiger partial charge is 0.0717 e. The number of aliphatic hydroxyl groups excluding tert-OH is 1. The fourth-order valence-corrected chi connectivity index (χ4v) is 2.35. The van der Waals surface area contributed by atoms with Crippen molar-refractivity contribution in [2.45, 2.75) is 32.5 Å². The lowest BCUT2D eigenvalue weighted by atomic mass is 10.1. The Labute approximate surface area is 102 Å². The number of nitrogens with zero attached hydrogens (tertiary/aromatic N) is 2. The van der Waals surface area contributed by atoms with E-state index in [1.165, 1.54) is 0 Å². The van der Waals surface area contributed by atoms with Gasteiger partial charge in [-0.2, -0.15) is 0 Å². The Bertz CT molecular complexity index is 349. The summed E-state index contributed by atoms with van der Waals surface area (Å²) in [5.41, 5.74) is 2.01. The first-order valence-electron chi connectivity index (χ1n) is 6.25. The topological polar surface area (TPSA) is 45.6 Å². The van der Waals surface area contributed by atoms with Gasteiger partial charge in [0.05, 0.1) is 12.7 Å². The Morgan fingerprint density at radius 3 is 2.88 bits per heavy atom. The third-order valence-electron chi connectivity index (χ3n) is 3.23. The van der Waals surface area contributed by atoms with E-state index in [0.29, 0.717) is 6.10 Å². The van der Waals surface area contributed by atoms with Gasteiger partial charge in [0.2, 0.25) is 0 Å². The third-order valence-corrected chi connectivity index (χ3v) is 3.23. The fourth-order valence-electron chi connectivity index (χ4n) is 2.35. The zero-order valence-corrected chi connectivity index (χ0v) is 10.3. The molecule has 2 heterocycles. The van der Waals surface area contributed by atoms with Gasteiger partial charge in [0.1, 0.15) is 0 Å². The molecule has 1 aromatic rings. The van der Waals surface area contributed by atoms with E-state index in [0.717, 1.165) is 43.8 Å². The van der Waals surface area contributed by atoms with Gasteiger partial charge in [0, 0.05) is 43.3 Å². The number of pyridine rings is 1. The molecular formula is C13H20N2O2. The number of aliphatic hydroxyl groups is 1. The van der Waals surface area contributed by atoms with Crippen LogP contribution in [-0.2, 0) is 11.3 Å². The molecule has 17 heavy (non-hydrogen) atoms. The first-order chi connectivity index (χ1) is 8.35. The van der Waals surface area contributed by atoms with Crippen LogP contribution < -0.4 is 4.90 Å². The van der Waals surface area contributed by atoms with Crippen LogP contribution in [0.15, 0.2) is 18.5 Å². The van der Waals surface area contributed by atoms with Crippen molar-refractivity contribution in [2.75, 3.05) is 24.6 Å². The van der Waals surface area contributed by atoms with E-state index < -0.39 is 0 Å². The molecule has 0 saturated carbocycles. The lowest BCUT2D eigenvalue weighted by molar-refractivity contribution is 0.0459. The molecule has 1 aromatic heterocycles. The molecule has 4 heteroatoms. The summed E-state index contributed by atoms with van der Waals surface area (Å²) in [6.07, 6.45) is 6.03. The molecule has 0 spiro atoms. The van der Waals surface area contributed by atoms with E-state index in [-0.39, 0.29) is 6.61 Å². The minimum Gasteiger partial charge on any atom is -0.392 e. The van der Waals surface area contributed by atoms with Crippen LogP contribution in [0.1, 0.15) is 25.3 Å². The van der Waals surface area contributed by atoms with Crippen LogP contribution in [0.2, 0.25) is 0 Å². The molecule has 0 aliphatic carbocycles. The van der Waals surface area contributed by atoms with Gasteiger partial charge in [-0.1, -0.05) is 0 Å². The average molecular weight is 236 g/mol. The molecule has 1 aliphatic heterocycles. The first kappa shape index (κ1) is 12.3. The molecule has 1 saturated heterocycles. The highest BCUT2D eigenvalue weighted by atomic mass is 16.5. The maximum Gasteiger partial charge on any atom is 0.0717 e. The minimum atomic E-state index is 0.0502. The van der Waals surface area contributed by atoms with Gasteiger partial charge < -0.3 is 14.7 Å². The maximum absolute atomic E-state index is 9.29. The highest BCUT2D eigenvalue weighted by Gasteiger charge is 2.20. The molecule has 94 valence electrons. The van der Waals surface area contributed by atoms with E-state index in [9.17, 15) is 5.11 Å². The van der Waals surface area contributed by atoms with Crippen LogP contribution in [0.3, 0.4) is 0 Å². The molecule has 0 unspecified atom stereocenters. The monoisotopic (exact) mass is 236 g/mol. The lowest BCUT2D eigenvalue weighted by Gasteiger charge is -2.34. The van der Waals surface area contributed by atoms with Crippen LogP contribution in [0.4, 0.5) is 5.69 Å². The van der Waals surface area contributed by atoms with Crippen LogP contribution in [0, 0.1) is 0 Å². The maximum atomic E-state index is 9.29. The van der Waals surface area contributed by atoms with Crippen molar-refractivity contribution >= 4 is 5.69 Å². The summed E-state index contributed by atoms with van der Waals surface area (Å²) in [4.78, 5) is 6.35. The van der Waals surface area contributed by atoms with E-state index in [4.69, 9.17) is 4.74 Å². The van der Waals surface area contributed by atoms with Gasteiger partial charge in [0.15, 0.2) is 0 Å². The van der Waals surface area contributed by atoms with Gasteiger partial charge in [-0.25, -0.2) is 0 Å². The normalized spacial score (nSPS) is 17.4. The number of rotatable bonds is 4. The van der Waals surface area contributed by atoms with E-state index >= 15 is 0 Å². The Morgan fingerprint density at radius 1 is 1.47 bits per heavy atom. The molecule has 0 atom stereocenters. The van der Waals surface area contributed by atoms with Crippen molar-refractivity contribution in [3.05, 3.63) is 24.0 Å². The Balaban J connectivity index is 2.00. The summed E-state index contributed by atoms with van der Waals surface area (Å²) in [6.45, 7) is 4.86. The zero-order chi connectivity index (χ0) is 12.1. The molecule has 1 N–H and O–H groups in total. The van der Waals surface area contributed by atoms with Crippen LogP contribution in [0.25, 0.3) is 0 Å². The van der Waals surface area contributed by atoms with Crippen molar-refractivity contribution < 1.29 is 9.84 Å². The summed E-state index contributed by atoms with van der Waals surface area (Å²) < 4.78 is 5.64. The van der Waals surface area contributed by atoms with Gasteiger partial charge in [-0.3, -0.25) is 4.98 Å². The van der Waals surface area contributed by atoms with Gasteiger partial charge in [-0.05, 0) is 25.8 Å². The second-order valence-corrected chi connectivity index (χ2v) is 4.30. The number of piperidine rings is 1. The summed E-state index contributed by atoms with van der Waals surface area (Å²) in [5, 5.41) is 9.29. The first-order valence-corrected chi connectivity index (χ1v) is 6.25. The molecule has 0 aromatic carbocycles. The number of aromatic nitrogens is 1. The van der Waals surface area contributed by atoms with Crippen molar-refractivity contribution in [2.24, 2.45) is 0 Å². The molecule has 0 bridgehead atoms. The Morgan fingerprint density at radius 2 is 2.24 bits per heavy atom. The van der Waals surface area contributed by atoms with E-state index in [2.05, 4.69) is 9.88 Å². The standard InChI is InChI=1S/C13H20N2O2/c1-2-17-12-4-7-15(8-5-12)13-3-6-14-9-11(13)10-16/h3,6,9,12,16H,2,4-5,7-8,10H2,1H3. The average Bonchev–Trinajstić information content (AvgIpc) is 2.40. The van der Waals surface area contributed by atoms with Crippen LogP contribution in [-0.4, -0.2) is 35.9 Å². The van der Waals surface area contributed by atoms with Crippen LogP contribution in [0.5, 0.6) is 0 Å². The second-order valence-electron chi connectivity index (χ2n) is 4.30. The van der Waals surface area contributed by atoms with Gasteiger partial charge in [-0.15, -0.1) is 0 Å². The van der Waals surface area contributed by atoms with E-state index in [1.807, 2.05) is 13.0 Å². The molecule has 0 radical (unpaired) electrons. The molecule has 1 fully saturated rings. The molecule has 4 nitrogen and oxygen atoms in total. The predicted molar refractivity (Wildman–Crippen MR) is 67.0 cm³/mol. The number of hydrogen-bond donors (Lipinski definition) is 1. The number of anilines is 1. The van der Waals surface area contributed by atoms with Crippen molar-refractivity contribution in [3.63, 3.8) is 0 Å². The highest BCUT2D eigenvalue weighted by Crippen LogP contribution is 2.24. The molecule has 0 amide bonds. The summed E-state index contributed by atoms with van der Waals surface area (Å²) in [5.74, 6) is 0. The predicted octanol–water partition coefficient (Wildman–Crippen LogP) is 1.58. The number of ether oxygens (including phenoxy) is 1. The van der Waals surface area contributed by atoms with E-state index in [1.54, 1.807) is 12.4 Å². The molecular weight excluding hydrogens is 216 g/mol.